The zero-order valence-electron chi connectivity index (χ0n) is 9.29. The van der Waals surface area contributed by atoms with Crippen molar-refractivity contribution in [2.45, 2.75) is 25.1 Å². The largest absolute Gasteiger partial charge is 0.325 e. The topological polar surface area (TPSA) is 46.2 Å². The second-order valence-corrected chi connectivity index (χ2v) is 4.60. The van der Waals surface area contributed by atoms with E-state index in [-0.39, 0.29) is 16.5 Å². The Balaban J connectivity index is 2.69. The van der Waals surface area contributed by atoms with Gasteiger partial charge in [-0.1, -0.05) is 22.9 Å². The molecule has 1 rings (SSSR count). The van der Waals surface area contributed by atoms with Gasteiger partial charge in [0.25, 0.3) is 0 Å². The molecule has 0 aliphatic carbocycles. The van der Waals surface area contributed by atoms with Crippen molar-refractivity contribution in [2.75, 3.05) is 5.32 Å². The zero-order valence-corrected chi connectivity index (χ0v) is 10.9. The average molecular weight is 284 g/mol. The lowest BCUT2D eigenvalue weighted by atomic mass is 10.1. The van der Waals surface area contributed by atoms with Gasteiger partial charge in [0.2, 0.25) is 5.91 Å². The number of carbonyl (C=O) groups is 2. The zero-order chi connectivity index (χ0) is 12.1. The number of carbonyl (C=O) groups excluding carboxylic acids is 2. The third-order valence-corrected chi connectivity index (χ3v) is 3.27. The minimum absolute atomic E-state index is 0.0183. The molecule has 0 heterocycles. The number of ketones is 1. The minimum Gasteiger partial charge on any atom is -0.325 e. The molecule has 0 saturated carbocycles. The first kappa shape index (κ1) is 12.9. The normalized spacial score (nSPS) is 11.9. The third kappa shape index (κ3) is 3.45. The van der Waals surface area contributed by atoms with Gasteiger partial charge in [-0.3, -0.25) is 9.59 Å². The minimum atomic E-state index is -0.181. The number of nitrogens with one attached hydrogen (secondary N) is 1. The van der Waals surface area contributed by atoms with Gasteiger partial charge in [0, 0.05) is 11.3 Å². The highest BCUT2D eigenvalue weighted by molar-refractivity contribution is 9.10. The monoisotopic (exact) mass is 283 g/mol. The molecule has 0 bridgehead atoms. The molecule has 1 aromatic rings. The lowest BCUT2D eigenvalue weighted by Gasteiger charge is -2.08. The lowest BCUT2D eigenvalue weighted by Crippen LogP contribution is -2.21. The highest BCUT2D eigenvalue weighted by atomic mass is 79.9. The van der Waals surface area contributed by atoms with Crippen molar-refractivity contribution in [1.29, 1.82) is 0 Å². The molecule has 0 aliphatic heterocycles. The van der Waals surface area contributed by atoms with Crippen LogP contribution in [0.15, 0.2) is 24.3 Å². The lowest BCUT2D eigenvalue weighted by molar-refractivity contribution is -0.115. The molecule has 0 saturated heterocycles. The number of hydrogen-bond donors (Lipinski definition) is 1. The van der Waals surface area contributed by atoms with Gasteiger partial charge in [0.1, 0.15) is 0 Å². The van der Waals surface area contributed by atoms with Crippen LogP contribution in [-0.2, 0) is 4.79 Å². The first-order valence-corrected chi connectivity index (χ1v) is 6.02. The van der Waals surface area contributed by atoms with Crippen LogP contribution >= 0.6 is 15.9 Å². The highest BCUT2D eigenvalue weighted by Crippen LogP contribution is 2.13. The summed E-state index contributed by atoms with van der Waals surface area (Å²) in [6.07, 6.45) is 0.733. The molecule has 1 aromatic carbocycles. The molecule has 1 N–H and O–H groups in total. The van der Waals surface area contributed by atoms with Gasteiger partial charge in [-0.15, -0.1) is 0 Å². The van der Waals surface area contributed by atoms with Gasteiger partial charge < -0.3 is 5.32 Å². The molecule has 3 nitrogen and oxygen atoms in total. The van der Waals surface area contributed by atoms with E-state index in [1.165, 1.54) is 6.92 Å². The Morgan fingerprint density at radius 1 is 1.31 bits per heavy atom. The number of Topliss-reactive ketones (excluding diaryl/α,β-unsaturated/α-hetero) is 1. The summed E-state index contributed by atoms with van der Waals surface area (Å²) in [5.41, 5.74) is 1.34. The fraction of sp³-hybridized carbons (Fsp3) is 0.333. The molecule has 86 valence electrons. The molecule has 4 heteroatoms. The molecule has 1 atom stereocenters. The van der Waals surface area contributed by atoms with Gasteiger partial charge in [-0.05, 0) is 37.6 Å². The molecular weight excluding hydrogens is 270 g/mol. The number of hydrogen-bond acceptors (Lipinski definition) is 2. The van der Waals surface area contributed by atoms with E-state index in [2.05, 4.69) is 21.2 Å². The van der Waals surface area contributed by atoms with Gasteiger partial charge in [-0.25, -0.2) is 0 Å². The summed E-state index contributed by atoms with van der Waals surface area (Å²) in [6.45, 7) is 3.44. The molecule has 0 aliphatic rings. The Kier molecular flexibility index (Phi) is 4.68. The van der Waals surface area contributed by atoms with Crippen molar-refractivity contribution in [3.05, 3.63) is 29.8 Å². The number of amides is 1. The van der Waals surface area contributed by atoms with Gasteiger partial charge in [0.05, 0.1) is 4.83 Å². The van der Waals surface area contributed by atoms with Crippen LogP contribution < -0.4 is 5.32 Å². The van der Waals surface area contributed by atoms with Crippen molar-refractivity contribution in [3.8, 4) is 0 Å². The first-order valence-electron chi connectivity index (χ1n) is 5.10. The van der Waals surface area contributed by atoms with E-state index < -0.39 is 0 Å². The Hall–Kier alpha value is -1.16. The van der Waals surface area contributed by atoms with E-state index in [1.807, 2.05) is 6.92 Å². The summed E-state index contributed by atoms with van der Waals surface area (Å²) in [6, 6.07) is 6.86. The maximum atomic E-state index is 11.5. The maximum Gasteiger partial charge on any atom is 0.238 e. The molecule has 0 radical (unpaired) electrons. The van der Waals surface area contributed by atoms with E-state index in [9.17, 15) is 9.59 Å². The molecule has 0 aromatic heterocycles. The Labute approximate surface area is 103 Å². The highest BCUT2D eigenvalue weighted by Gasteiger charge is 2.12. The maximum absolute atomic E-state index is 11.5. The number of halogens is 1. The molecular formula is C12H14BrNO2. The van der Waals surface area contributed by atoms with Crippen LogP contribution in [0.3, 0.4) is 0 Å². The van der Waals surface area contributed by atoms with E-state index in [0.717, 1.165) is 6.42 Å². The van der Waals surface area contributed by atoms with Crippen LogP contribution in [0.4, 0.5) is 5.69 Å². The summed E-state index contributed by atoms with van der Waals surface area (Å²) in [5.74, 6) is -0.0529. The first-order chi connectivity index (χ1) is 7.54. The Morgan fingerprint density at radius 2 is 1.88 bits per heavy atom. The second-order valence-electron chi connectivity index (χ2n) is 3.50. The van der Waals surface area contributed by atoms with E-state index in [4.69, 9.17) is 0 Å². The van der Waals surface area contributed by atoms with Gasteiger partial charge >= 0.3 is 0 Å². The summed E-state index contributed by atoms with van der Waals surface area (Å²) < 4.78 is 0. The molecule has 1 amide bonds. The van der Waals surface area contributed by atoms with E-state index in [0.29, 0.717) is 11.3 Å². The number of benzene rings is 1. The van der Waals surface area contributed by atoms with Crippen molar-refractivity contribution < 1.29 is 9.59 Å². The van der Waals surface area contributed by atoms with E-state index >= 15 is 0 Å². The summed E-state index contributed by atoms with van der Waals surface area (Å²) in [5, 5.41) is 2.76. The van der Waals surface area contributed by atoms with E-state index in [1.54, 1.807) is 24.3 Å². The average Bonchev–Trinajstić information content (AvgIpc) is 2.28. The van der Waals surface area contributed by atoms with Crippen LogP contribution in [0.2, 0.25) is 0 Å². The van der Waals surface area contributed by atoms with Gasteiger partial charge in [-0.2, -0.15) is 0 Å². The number of alkyl halides is 1. The van der Waals surface area contributed by atoms with Crippen molar-refractivity contribution in [1.82, 2.24) is 0 Å². The van der Waals surface area contributed by atoms with Gasteiger partial charge in [0.15, 0.2) is 5.78 Å². The van der Waals surface area contributed by atoms with Crippen LogP contribution in [0, 0.1) is 0 Å². The van der Waals surface area contributed by atoms with Crippen LogP contribution in [0.5, 0.6) is 0 Å². The predicted octanol–water partition coefficient (Wildman–Crippen LogP) is 3.00. The fourth-order valence-corrected chi connectivity index (χ4v) is 1.31. The van der Waals surface area contributed by atoms with Crippen LogP contribution in [0.25, 0.3) is 0 Å². The standard InChI is InChI=1S/C12H14BrNO2/c1-3-11(13)12(16)14-10-6-4-9(5-7-10)8(2)15/h4-7,11H,3H2,1-2H3,(H,14,16)/t11-/m1/s1. The Bertz CT molecular complexity index is 387. The SMILES string of the molecule is CC[C@@H](Br)C(=O)Nc1ccc(C(C)=O)cc1. The molecule has 16 heavy (non-hydrogen) atoms. The number of rotatable bonds is 4. The fourth-order valence-electron chi connectivity index (χ4n) is 1.19. The summed E-state index contributed by atoms with van der Waals surface area (Å²) in [7, 11) is 0. The third-order valence-electron chi connectivity index (χ3n) is 2.20. The smallest absolute Gasteiger partial charge is 0.238 e. The van der Waals surface area contributed by atoms with Crippen molar-refractivity contribution in [3.63, 3.8) is 0 Å². The molecule has 0 unspecified atom stereocenters. The quantitative estimate of drug-likeness (QED) is 0.682. The van der Waals surface area contributed by atoms with Crippen molar-refractivity contribution >= 4 is 33.3 Å². The van der Waals surface area contributed by atoms with Crippen LogP contribution in [-0.4, -0.2) is 16.5 Å². The summed E-state index contributed by atoms with van der Waals surface area (Å²) in [4.78, 5) is 22.4. The molecule has 0 spiro atoms. The molecule has 0 fully saturated rings. The summed E-state index contributed by atoms with van der Waals surface area (Å²) >= 11 is 3.27. The predicted molar refractivity (Wildman–Crippen MR) is 68.1 cm³/mol. The Morgan fingerprint density at radius 3 is 2.31 bits per heavy atom. The van der Waals surface area contributed by atoms with Crippen LogP contribution in [0.1, 0.15) is 30.6 Å². The van der Waals surface area contributed by atoms with Crippen molar-refractivity contribution in [2.24, 2.45) is 0 Å². The number of anilines is 1. The second kappa shape index (κ2) is 5.80.